The zero-order valence-corrected chi connectivity index (χ0v) is 24.3. The van der Waals surface area contributed by atoms with Crippen molar-refractivity contribution in [3.8, 4) is 39.9 Å². The van der Waals surface area contributed by atoms with Crippen LogP contribution in [-0.4, -0.2) is 19.5 Å². The molecule has 8 aromatic carbocycles. The molecule has 0 radical (unpaired) electrons. The SMILES string of the molecule is [2H]c1c([2H])c([2H])c2c([2H])c(-c3nc(-c4c([2H])c([2H])c5c([2H])c([2H])c([2H])c([2H])c5c4[2H])nc(-c4c([2H])c([2H])c(-n5c6c([2H])c([2H])c([2H])c([2H])c6c6c([2H])c([2H])c([2H])c([2H])c65)c5c([2H])c([2H])c([2H])c([2H])c45)n3)c([2H])c([2H])c2c1[2H]. The minimum absolute atomic E-state index is 0.494. The van der Waals surface area contributed by atoms with Crippen LogP contribution < -0.4 is 0 Å². The standard InChI is InChI=1S/C45H28N4/c1-3-13-31-27-33(23-21-29(31)11-1)43-46-44(34-24-22-30-12-2-4-14-32(30)28-34)48-45(47-43)39-25-26-42(36-16-6-5-15-35(36)39)49-40-19-9-7-17-37(40)38-18-8-10-20-41(38)49/h1-28H/i1D,2D,3D,4D,5D,6D,7D,8D,9D,10D,11D,12D,13D,14D,15D,16D,17D,18D,19D,20D,21D,22D,23D,24D,25D,26D,27D,28D. The third-order valence-corrected chi connectivity index (χ3v) is 7.54. The molecule has 2 heterocycles. The Morgan fingerprint density at radius 2 is 0.816 bits per heavy atom. The first-order valence-corrected chi connectivity index (χ1v) is 14.3. The molecule has 228 valence electrons. The summed E-state index contributed by atoms with van der Waals surface area (Å²) in [6.07, 6.45) is 0. The topological polar surface area (TPSA) is 43.6 Å². The van der Waals surface area contributed by atoms with Crippen molar-refractivity contribution in [2.24, 2.45) is 0 Å². The zero-order valence-electron chi connectivity index (χ0n) is 52.3. The van der Waals surface area contributed by atoms with E-state index in [0.717, 1.165) is 4.57 Å². The maximum absolute atomic E-state index is 9.77. The van der Waals surface area contributed by atoms with Crippen LogP contribution in [0.4, 0.5) is 0 Å². The van der Waals surface area contributed by atoms with E-state index in [9.17, 15) is 11.0 Å². The summed E-state index contributed by atoms with van der Waals surface area (Å²) in [4.78, 5) is 13.2. The van der Waals surface area contributed by atoms with E-state index in [-0.39, 0.29) is 0 Å². The highest BCUT2D eigenvalue weighted by Gasteiger charge is 2.18. The van der Waals surface area contributed by atoms with Gasteiger partial charge in [0.05, 0.1) is 55.1 Å². The smallest absolute Gasteiger partial charge is 0.164 e. The second kappa shape index (κ2) is 11.0. The van der Waals surface area contributed by atoms with Gasteiger partial charge < -0.3 is 4.57 Å². The molecule has 0 N–H and O–H groups in total. The molecule has 0 aliphatic carbocycles. The summed E-state index contributed by atoms with van der Waals surface area (Å²) >= 11 is 0. The van der Waals surface area contributed by atoms with Crippen molar-refractivity contribution in [3.05, 3.63) is 169 Å². The highest BCUT2D eigenvalue weighted by atomic mass is 15.0. The van der Waals surface area contributed by atoms with Gasteiger partial charge in [0.15, 0.2) is 17.5 Å². The summed E-state index contributed by atoms with van der Waals surface area (Å²) in [7, 11) is 0. The van der Waals surface area contributed by atoms with E-state index in [1.54, 1.807) is 0 Å². The fourth-order valence-corrected chi connectivity index (χ4v) is 5.40. The van der Waals surface area contributed by atoms with Gasteiger partial charge in [-0.1, -0.05) is 133 Å². The lowest BCUT2D eigenvalue weighted by Crippen LogP contribution is -2.02. The number of nitrogens with zero attached hydrogens (tertiary/aromatic N) is 4. The molecule has 0 amide bonds. The third kappa shape index (κ3) is 4.49. The molecule has 0 saturated carbocycles. The van der Waals surface area contributed by atoms with Gasteiger partial charge in [-0.05, 0) is 63.2 Å². The van der Waals surface area contributed by atoms with Crippen LogP contribution in [-0.2, 0) is 0 Å². The summed E-state index contributed by atoms with van der Waals surface area (Å²) in [5.74, 6) is -2.74. The predicted octanol–water partition coefficient (Wildman–Crippen LogP) is 11.4. The average molecular weight is 653 g/mol. The minimum Gasteiger partial charge on any atom is -0.309 e. The van der Waals surface area contributed by atoms with Gasteiger partial charge in [-0.15, -0.1) is 0 Å². The summed E-state index contributed by atoms with van der Waals surface area (Å²) in [5.41, 5.74) is -4.39. The maximum Gasteiger partial charge on any atom is 0.164 e. The molecular weight excluding hydrogens is 597 g/mol. The Morgan fingerprint density at radius 3 is 1.39 bits per heavy atom. The van der Waals surface area contributed by atoms with Crippen LogP contribution >= 0.6 is 0 Å². The van der Waals surface area contributed by atoms with E-state index >= 15 is 0 Å². The second-order valence-electron chi connectivity index (χ2n) is 10.3. The lowest BCUT2D eigenvalue weighted by atomic mass is 10.0. The molecular formula is C45H28N4. The second-order valence-corrected chi connectivity index (χ2v) is 10.3. The highest BCUT2D eigenvalue weighted by molar-refractivity contribution is 6.11. The largest absolute Gasteiger partial charge is 0.309 e. The number of hydrogen-bond acceptors (Lipinski definition) is 3. The van der Waals surface area contributed by atoms with Crippen molar-refractivity contribution in [2.75, 3.05) is 0 Å². The van der Waals surface area contributed by atoms with Crippen LogP contribution in [0.5, 0.6) is 0 Å². The van der Waals surface area contributed by atoms with Gasteiger partial charge in [0.1, 0.15) is 0 Å². The Kier molecular flexibility index (Phi) is 2.57. The van der Waals surface area contributed by atoms with Gasteiger partial charge in [0.2, 0.25) is 0 Å². The van der Waals surface area contributed by atoms with Crippen LogP contribution in [0.1, 0.15) is 38.4 Å². The Balaban J connectivity index is 1.46. The Labute approximate surface area is 321 Å². The summed E-state index contributed by atoms with van der Waals surface area (Å²) < 4.78 is 250. The van der Waals surface area contributed by atoms with Gasteiger partial charge in [0.25, 0.3) is 0 Å². The van der Waals surface area contributed by atoms with Crippen molar-refractivity contribution in [1.82, 2.24) is 19.5 Å². The van der Waals surface area contributed by atoms with E-state index < -0.39 is 263 Å². The van der Waals surface area contributed by atoms with Crippen LogP contribution in [0, 0.1) is 0 Å². The average Bonchev–Trinajstić information content (AvgIpc) is 3.75. The normalized spacial score (nSPS) is 19.7. The molecule has 4 nitrogen and oxygen atoms in total. The summed E-state index contributed by atoms with van der Waals surface area (Å²) in [6, 6.07) is -25.1. The molecule has 0 spiro atoms. The molecule has 10 rings (SSSR count). The third-order valence-electron chi connectivity index (χ3n) is 7.54. The van der Waals surface area contributed by atoms with Crippen LogP contribution in [0.15, 0.2) is 169 Å². The quantitative estimate of drug-likeness (QED) is 0.190. The Bertz CT molecular complexity index is 4280. The molecule has 0 fully saturated rings. The number of rotatable bonds is 4. The molecule has 49 heavy (non-hydrogen) atoms. The van der Waals surface area contributed by atoms with Gasteiger partial charge >= 0.3 is 0 Å². The van der Waals surface area contributed by atoms with E-state index in [1.807, 2.05) is 0 Å². The van der Waals surface area contributed by atoms with Gasteiger partial charge in [-0.2, -0.15) is 0 Å². The lowest BCUT2D eigenvalue weighted by Gasteiger charge is -2.15. The predicted molar refractivity (Wildman–Crippen MR) is 203 cm³/mol. The van der Waals surface area contributed by atoms with Crippen LogP contribution in [0.25, 0.3) is 94.0 Å². The van der Waals surface area contributed by atoms with Crippen molar-refractivity contribution < 1.29 is 38.4 Å². The van der Waals surface area contributed by atoms with Crippen molar-refractivity contribution in [3.63, 3.8) is 0 Å². The summed E-state index contributed by atoms with van der Waals surface area (Å²) in [5, 5.41) is -4.87. The zero-order chi connectivity index (χ0) is 56.7. The monoisotopic (exact) mass is 652 g/mol. The number of fused-ring (bicyclic) bond motifs is 6. The first-order valence-electron chi connectivity index (χ1n) is 28.3. The summed E-state index contributed by atoms with van der Waals surface area (Å²) in [6.45, 7) is 0. The van der Waals surface area contributed by atoms with E-state index in [2.05, 4.69) is 15.0 Å². The van der Waals surface area contributed by atoms with E-state index in [4.69, 9.17) is 27.4 Å². The highest BCUT2D eigenvalue weighted by Crippen LogP contribution is 2.38. The molecule has 0 atom stereocenters. The first-order chi connectivity index (χ1) is 35.9. The van der Waals surface area contributed by atoms with Crippen molar-refractivity contribution in [2.45, 2.75) is 0 Å². The van der Waals surface area contributed by atoms with Crippen molar-refractivity contribution >= 4 is 54.1 Å². The van der Waals surface area contributed by atoms with Gasteiger partial charge in [0, 0.05) is 32.8 Å². The van der Waals surface area contributed by atoms with E-state index in [1.165, 1.54) is 0 Å². The fraction of sp³-hybridized carbons (Fsp3) is 0. The number of hydrogen-bond donors (Lipinski definition) is 0. The number of aromatic nitrogens is 4. The van der Waals surface area contributed by atoms with Crippen LogP contribution in [0.3, 0.4) is 0 Å². The van der Waals surface area contributed by atoms with Crippen molar-refractivity contribution in [1.29, 1.82) is 0 Å². The molecule has 0 unspecified atom stereocenters. The molecule has 0 saturated heterocycles. The van der Waals surface area contributed by atoms with Gasteiger partial charge in [-0.25, -0.2) is 15.0 Å². The van der Waals surface area contributed by atoms with Crippen LogP contribution in [0.2, 0.25) is 0 Å². The Hall–Kier alpha value is -6.65. The number of para-hydroxylation sites is 2. The minimum atomic E-state index is -1.09. The molecule has 2 aromatic heterocycles. The molecule has 4 heteroatoms. The molecule has 0 aliphatic heterocycles. The maximum atomic E-state index is 9.77. The van der Waals surface area contributed by atoms with Gasteiger partial charge in [-0.3, -0.25) is 0 Å². The van der Waals surface area contributed by atoms with E-state index in [0.29, 0.717) is 0 Å². The molecule has 10 aromatic rings. The first kappa shape index (κ1) is 11.5. The fourth-order valence-electron chi connectivity index (χ4n) is 5.40. The molecule has 0 aliphatic rings. The number of benzene rings is 8. The molecule has 0 bridgehead atoms. The lowest BCUT2D eigenvalue weighted by molar-refractivity contribution is 1.08. The Morgan fingerprint density at radius 1 is 0.367 bits per heavy atom.